The summed E-state index contributed by atoms with van der Waals surface area (Å²) in [5.74, 6) is 0.169. The maximum Gasteiger partial charge on any atom is 0.170 e. The zero-order chi connectivity index (χ0) is 10.1. The molecule has 2 unspecified atom stereocenters. The third-order valence-electron chi connectivity index (χ3n) is 2.90. The monoisotopic (exact) mass is 193 g/mol. The highest BCUT2D eigenvalue weighted by molar-refractivity contribution is 5.98. The molecule has 1 heterocycles. The van der Waals surface area contributed by atoms with Gasteiger partial charge in [-0.2, -0.15) is 5.10 Å². The van der Waals surface area contributed by atoms with Crippen LogP contribution < -0.4 is 5.73 Å². The SMILES string of the molecule is Cn1cc(C(=O)C2CCCC2N)cn1. The topological polar surface area (TPSA) is 60.9 Å². The third-order valence-corrected chi connectivity index (χ3v) is 2.90. The van der Waals surface area contributed by atoms with E-state index in [1.54, 1.807) is 17.1 Å². The third kappa shape index (κ3) is 1.57. The normalized spacial score (nSPS) is 26.7. The zero-order valence-electron chi connectivity index (χ0n) is 8.31. The van der Waals surface area contributed by atoms with E-state index < -0.39 is 0 Å². The number of nitrogens with two attached hydrogens (primary N) is 1. The Bertz CT molecular complexity index is 345. The summed E-state index contributed by atoms with van der Waals surface area (Å²) in [4.78, 5) is 11.9. The Labute approximate surface area is 83.1 Å². The number of aryl methyl sites for hydroxylation is 1. The number of aromatic nitrogens is 2. The predicted octanol–water partition coefficient (Wildman–Crippen LogP) is 0.730. The van der Waals surface area contributed by atoms with E-state index in [9.17, 15) is 4.79 Å². The molecular weight excluding hydrogens is 178 g/mol. The molecule has 0 amide bonds. The molecule has 76 valence electrons. The summed E-state index contributed by atoms with van der Waals surface area (Å²) in [6.45, 7) is 0. The first kappa shape index (κ1) is 9.40. The van der Waals surface area contributed by atoms with Crippen molar-refractivity contribution in [3.63, 3.8) is 0 Å². The number of hydrogen-bond donors (Lipinski definition) is 1. The van der Waals surface area contributed by atoms with Gasteiger partial charge in [-0.1, -0.05) is 6.42 Å². The lowest BCUT2D eigenvalue weighted by Crippen LogP contribution is -2.30. The number of rotatable bonds is 2. The van der Waals surface area contributed by atoms with Gasteiger partial charge in [0.05, 0.1) is 11.8 Å². The van der Waals surface area contributed by atoms with Crippen LogP contribution in [0.5, 0.6) is 0 Å². The molecule has 0 aromatic carbocycles. The molecule has 1 fully saturated rings. The molecule has 0 saturated heterocycles. The molecule has 0 bridgehead atoms. The molecule has 1 aliphatic rings. The van der Waals surface area contributed by atoms with E-state index in [1.807, 2.05) is 7.05 Å². The van der Waals surface area contributed by atoms with Crippen molar-refractivity contribution in [2.24, 2.45) is 18.7 Å². The van der Waals surface area contributed by atoms with E-state index in [0.29, 0.717) is 5.56 Å². The van der Waals surface area contributed by atoms with Gasteiger partial charge in [-0.15, -0.1) is 0 Å². The average Bonchev–Trinajstić information content (AvgIpc) is 2.73. The lowest BCUT2D eigenvalue weighted by Gasteiger charge is -2.12. The standard InChI is InChI=1S/C10H15N3O/c1-13-6-7(5-12-13)10(14)8-3-2-4-9(8)11/h5-6,8-9H,2-4,11H2,1H3. The minimum atomic E-state index is 0.0131. The van der Waals surface area contributed by atoms with E-state index in [2.05, 4.69) is 5.10 Å². The Morgan fingerprint density at radius 3 is 2.93 bits per heavy atom. The Balaban J connectivity index is 2.15. The number of ketones is 1. The van der Waals surface area contributed by atoms with Gasteiger partial charge in [0.2, 0.25) is 0 Å². The lowest BCUT2D eigenvalue weighted by molar-refractivity contribution is 0.0913. The molecule has 1 aromatic rings. The summed E-state index contributed by atoms with van der Waals surface area (Å²) < 4.78 is 1.65. The highest BCUT2D eigenvalue weighted by Crippen LogP contribution is 2.27. The van der Waals surface area contributed by atoms with Crippen molar-refractivity contribution in [3.05, 3.63) is 18.0 Å². The second-order valence-electron chi connectivity index (χ2n) is 3.97. The van der Waals surface area contributed by atoms with E-state index in [1.165, 1.54) is 0 Å². The fraction of sp³-hybridized carbons (Fsp3) is 0.600. The minimum Gasteiger partial charge on any atom is -0.327 e. The Morgan fingerprint density at radius 2 is 2.43 bits per heavy atom. The van der Waals surface area contributed by atoms with Gasteiger partial charge in [0.1, 0.15) is 0 Å². The molecule has 0 aliphatic heterocycles. The van der Waals surface area contributed by atoms with Gasteiger partial charge in [-0.3, -0.25) is 9.48 Å². The number of nitrogens with zero attached hydrogens (tertiary/aromatic N) is 2. The largest absolute Gasteiger partial charge is 0.327 e. The first-order chi connectivity index (χ1) is 6.68. The average molecular weight is 193 g/mol. The quantitative estimate of drug-likeness (QED) is 0.704. The second-order valence-corrected chi connectivity index (χ2v) is 3.97. The highest BCUT2D eigenvalue weighted by Gasteiger charge is 2.31. The van der Waals surface area contributed by atoms with Crippen LogP contribution in [0.15, 0.2) is 12.4 Å². The van der Waals surface area contributed by atoms with E-state index in [4.69, 9.17) is 5.73 Å². The molecule has 1 saturated carbocycles. The van der Waals surface area contributed by atoms with Crippen molar-refractivity contribution in [2.75, 3.05) is 0 Å². The lowest BCUT2D eigenvalue weighted by atomic mass is 9.95. The van der Waals surface area contributed by atoms with Crippen LogP contribution in [0.4, 0.5) is 0 Å². The predicted molar refractivity (Wildman–Crippen MR) is 52.9 cm³/mol. The first-order valence-corrected chi connectivity index (χ1v) is 4.97. The van der Waals surface area contributed by atoms with Crippen molar-refractivity contribution < 1.29 is 4.79 Å². The summed E-state index contributed by atoms with van der Waals surface area (Å²) in [5.41, 5.74) is 6.57. The Morgan fingerprint density at radius 1 is 1.64 bits per heavy atom. The molecule has 2 N–H and O–H groups in total. The van der Waals surface area contributed by atoms with Gasteiger partial charge < -0.3 is 5.73 Å². The van der Waals surface area contributed by atoms with Gasteiger partial charge in [0, 0.05) is 25.2 Å². The molecular formula is C10H15N3O. The summed E-state index contributed by atoms with van der Waals surface area (Å²) in [6, 6.07) is 0.0442. The van der Waals surface area contributed by atoms with E-state index >= 15 is 0 Å². The number of Topliss-reactive ketones (excluding diaryl/α,β-unsaturated/α-hetero) is 1. The fourth-order valence-corrected chi connectivity index (χ4v) is 2.08. The van der Waals surface area contributed by atoms with Crippen molar-refractivity contribution >= 4 is 5.78 Å². The summed E-state index contributed by atoms with van der Waals surface area (Å²) in [6.07, 6.45) is 6.34. The van der Waals surface area contributed by atoms with Crippen LogP contribution in [0.2, 0.25) is 0 Å². The molecule has 2 atom stereocenters. The van der Waals surface area contributed by atoms with Crippen LogP contribution in [-0.2, 0) is 7.05 Å². The van der Waals surface area contributed by atoms with Crippen LogP contribution in [0, 0.1) is 5.92 Å². The molecule has 14 heavy (non-hydrogen) atoms. The van der Waals surface area contributed by atoms with E-state index in [-0.39, 0.29) is 17.7 Å². The molecule has 1 aromatic heterocycles. The smallest absolute Gasteiger partial charge is 0.170 e. The molecule has 1 aliphatic carbocycles. The fourth-order valence-electron chi connectivity index (χ4n) is 2.08. The van der Waals surface area contributed by atoms with E-state index in [0.717, 1.165) is 19.3 Å². The molecule has 4 heteroatoms. The van der Waals surface area contributed by atoms with Crippen LogP contribution in [0.1, 0.15) is 29.6 Å². The first-order valence-electron chi connectivity index (χ1n) is 4.97. The van der Waals surface area contributed by atoms with Gasteiger partial charge in [-0.05, 0) is 12.8 Å². The maximum atomic E-state index is 11.9. The van der Waals surface area contributed by atoms with Crippen molar-refractivity contribution in [2.45, 2.75) is 25.3 Å². The molecule has 2 rings (SSSR count). The molecule has 0 spiro atoms. The second kappa shape index (κ2) is 3.53. The zero-order valence-corrected chi connectivity index (χ0v) is 8.31. The van der Waals surface area contributed by atoms with Gasteiger partial charge >= 0.3 is 0 Å². The summed E-state index contributed by atoms with van der Waals surface area (Å²) >= 11 is 0. The van der Waals surface area contributed by atoms with Crippen LogP contribution in [-0.4, -0.2) is 21.6 Å². The van der Waals surface area contributed by atoms with Gasteiger partial charge in [-0.25, -0.2) is 0 Å². The van der Waals surface area contributed by atoms with Crippen LogP contribution in [0.25, 0.3) is 0 Å². The molecule has 4 nitrogen and oxygen atoms in total. The number of hydrogen-bond acceptors (Lipinski definition) is 3. The van der Waals surface area contributed by atoms with Crippen molar-refractivity contribution in [1.29, 1.82) is 0 Å². The molecule has 0 radical (unpaired) electrons. The van der Waals surface area contributed by atoms with Gasteiger partial charge in [0.15, 0.2) is 5.78 Å². The van der Waals surface area contributed by atoms with Crippen molar-refractivity contribution in [1.82, 2.24) is 9.78 Å². The van der Waals surface area contributed by atoms with Gasteiger partial charge in [0.25, 0.3) is 0 Å². The highest BCUT2D eigenvalue weighted by atomic mass is 16.1. The minimum absolute atomic E-state index is 0.0131. The number of carbonyl (C=O) groups is 1. The van der Waals surface area contributed by atoms with Crippen LogP contribution >= 0.6 is 0 Å². The van der Waals surface area contributed by atoms with Crippen LogP contribution in [0.3, 0.4) is 0 Å². The Kier molecular flexibility index (Phi) is 2.37. The maximum absolute atomic E-state index is 11.9. The number of carbonyl (C=O) groups excluding carboxylic acids is 1. The summed E-state index contributed by atoms with van der Waals surface area (Å²) in [7, 11) is 1.81. The summed E-state index contributed by atoms with van der Waals surface area (Å²) in [5, 5.41) is 3.99. The Hall–Kier alpha value is -1.16. The van der Waals surface area contributed by atoms with Crippen molar-refractivity contribution in [3.8, 4) is 0 Å².